The molecule has 1 aliphatic rings. The first kappa shape index (κ1) is 13.4. The van der Waals surface area contributed by atoms with E-state index >= 15 is 0 Å². The minimum atomic E-state index is -0.962. The van der Waals surface area contributed by atoms with Gasteiger partial charge in [0.15, 0.2) is 0 Å². The van der Waals surface area contributed by atoms with E-state index in [1.807, 2.05) is 7.05 Å². The van der Waals surface area contributed by atoms with Gasteiger partial charge >= 0.3 is 0 Å². The SMILES string of the molecule is CNCc1cnnn1C[C@H]1N[C@H](CO)[C@@H](O)[C@@H]1O. The van der Waals surface area contributed by atoms with Gasteiger partial charge in [0, 0.05) is 6.54 Å². The van der Waals surface area contributed by atoms with E-state index in [1.165, 1.54) is 0 Å². The molecule has 102 valence electrons. The van der Waals surface area contributed by atoms with Gasteiger partial charge in [-0.2, -0.15) is 0 Å². The van der Waals surface area contributed by atoms with Crippen LogP contribution in [-0.4, -0.2) is 68.3 Å². The van der Waals surface area contributed by atoms with Crippen molar-refractivity contribution < 1.29 is 15.3 Å². The summed E-state index contributed by atoms with van der Waals surface area (Å²) in [6.07, 6.45) is -0.234. The zero-order valence-electron chi connectivity index (χ0n) is 10.2. The lowest BCUT2D eigenvalue weighted by Gasteiger charge is -2.16. The van der Waals surface area contributed by atoms with Crippen LogP contribution < -0.4 is 10.6 Å². The minimum absolute atomic E-state index is 0.213. The summed E-state index contributed by atoms with van der Waals surface area (Å²) < 4.78 is 1.67. The van der Waals surface area contributed by atoms with Crippen molar-refractivity contribution in [2.75, 3.05) is 13.7 Å². The largest absolute Gasteiger partial charge is 0.395 e. The molecule has 0 bridgehead atoms. The van der Waals surface area contributed by atoms with Crippen LogP contribution in [-0.2, 0) is 13.1 Å². The van der Waals surface area contributed by atoms with Crippen LogP contribution in [0.25, 0.3) is 0 Å². The summed E-state index contributed by atoms with van der Waals surface area (Å²) in [6, 6.07) is -0.851. The fourth-order valence-corrected chi connectivity index (χ4v) is 2.21. The number of aliphatic hydroxyl groups excluding tert-OH is 3. The van der Waals surface area contributed by atoms with Crippen LogP contribution in [0.1, 0.15) is 5.69 Å². The average molecular weight is 257 g/mol. The van der Waals surface area contributed by atoms with Crippen molar-refractivity contribution >= 4 is 0 Å². The standard InChI is InChI=1S/C10H19N5O3/c1-11-2-6-3-12-14-15(6)4-7-9(17)10(18)8(5-16)13-7/h3,7-11,13,16-18H,2,4-5H2,1H3/t7-,8-,9-,10-/m1/s1. The highest BCUT2D eigenvalue weighted by Crippen LogP contribution is 2.16. The molecular formula is C10H19N5O3. The van der Waals surface area contributed by atoms with E-state index in [9.17, 15) is 10.2 Å². The number of nitrogens with zero attached hydrogens (tertiary/aromatic N) is 3. The Morgan fingerprint density at radius 3 is 2.72 bits per heavy atom. The lowest BCUT2D eigenvalue weighted by molar-refractivity contribution is 0.0174. The fraction of sp³-hybridized carbons (Fsp3) is 0.800. The third kappa shape index (κ3) is 2.52. The lowest BCUT2D eigenvalue weighted by atomic mass is 10.1. The smallest absolute Gasteiger partial charge is 0.0990 e. The summed E-state index contributed by atoms with van der Waals surface area (Å²) in [5.74, 6) is 0. The summed E-state index contributed by atoms with van der Waals surface area (Å²) in [4.78, 5) is 0. The van der Waals surface area contributed by atoms with Crippen LogP contribution in [0.2, 0.25) is 0 Å². The van der Waals surface area contributed by atoms with Gasteiger partial charge in [-0.05, 0) is 7.05 Å². The van der Waals surface area contributed by atoms with Crippen molar-refractivity contribution in [2.45, 2.75) is 37.4 Å². The zero-order valence-corrected chi connectivity index (χ0v) is 10.2. The first-order valence-electron chi connectivity index (χ1n) is 5.92. The van der Waals surface area contributed by atoms with Gasteiger partial charge in [-0.25, -0.2) is 4.68 Å². The van der Waals surface area contributed by atoms with Crippen LogP contribution in [0.4, 0.5) is 0 Å². The summed E-state index contributed by atoms with van der Waals surface area (Å²) in [7, 11) is 1.82. The molecule has 1 aromatic heterocycles. The van der Waals surface area contributed by atoms with E-state index in [0.29, 0.717) is 13.1 Å². The monoisotopic (exact) mass is 257 g/mol. The Labute approximate surface area is 105 Å². The van der Waals surface area contributed by atoms with Gasteiger partial charge in [-0.1, -0.05) is 5.21 Å². The average Bonchev–Trinajstić information content (AvgIpc) is 2.90. The lowest BCUT2D eigenvalue weighted by Crippen LogP contribution is -2.38. The van der Waals surface area contributed by atoms with Gasteiger partial charge in [-0.3, -0.25) is 0 Å². The second kappa shape index (κ2) is 5.72. The summed E-state index contributed by atoms with van der Waals surface area (Å²) in [5, 5.41) is 42.4. The highest BCUT2D eigenvalue weighted by Gasteiger charge is 2.40. The number of hydrogen-bond acceptors (Lipinski definition) is 7. The van der Waals surface area contributed by atoms with E-state index in [2.05, 4.69) is 20.9 Å². The molecule has 0 aromatic carbocycles. The Morgan fingerprint density at radius 2 is 2.11 bits per heavy atom. The zero-order chi connectivity index (χ0) is 13.1. The third-order valence-electron chi connectivity index (χ3n) is 3.22. The van der Waals surface area contributed by atoms with Crippen molar-refractivity contribution in [3.8, 4) is 0 Å². The topological polar surface area (TPSA) is 115 Å². The fourth-order valence-electron chi connectivity index (χ4n) is 2.21. The first-order chi connectivity index (χ1) is 8.67. The van der Waals surface area contributed by atoms with Gasteiger partial charge in [0.25, 0.3) is 0 Å². The Bertz CT molecular complexity index is 385. The molecule has 8 heteroatoms. The predicted octanol–water partition coefficient (Wildman–Crippen LogP) is -2.95. The molecule has 0 saturated carbocycles. The Balaban J connectivity index is 2.03. The molecule has 18 heavy (non-hydrogen) atoms. The normalized spacial score (nSPS) is 32.0. The van der Waals surface area contributed by atoms with E-state index in [-0.39, 0.29) is 12.6 Å². The second-order valence-electron chi connectivity index (χ2n) is 4.48. The minimum Gasteiger partial charge on any atom is -0.395 e. The molecule has 2 heterocycles. The van der Waals surface area contributed by atoms with Gasteiger partial charge in [0.1, 0.15) is 0 Å². The van der Waals surface area contributed by atoms with Crippen molar-refractivity contribution in [3.63, 3.8) is 0 Å². The van der Waals surface area contributed by atoms with Gasteiger partial charge in [0.2, 0.25) is 0 Å². The second-order valence-corrected chi connectivity index (χ2v) is 4.48. The molecule has 1 saturated heterocycles. The van der Waals surface area contributed by atoms with Crippen molar-refractivity contribution in [1.29, 1.82) is 0 Å². The Kier molecular flexibility index (Phi) is 4.25. The van der Waals surface area contributed by atoms with E-state index in [0.717, 1.165) is 5.69 Å². The molecule has 0 unspecified atom stereocenters. The maximum absolute atomic E-state index is 9.88. The molecule has 8 nitrogen and oxygen atoms in total. The Morgan fingerprint density at radius 1 is 1.39 bits per heavy atom. The number of aromatic nitrogens is 3. The molecule has 0 radical (unpaired) electrons. The van der Waals surface area contributed by atoms with Crippen molar-refractivity contribution in [1.82, 2.24) is 25.6 Å². The van der Waals surface area contributed by atoms with Crippen molar-refractivity contribution in [3.05, 3.63) is 11.9 Å². The van der Waals surface area contributed by atoms with Crippen LogP contribution in [0.5, 0.6) is 0 Å². The molecule has 2 rings (SSSR count). The van der Waals surface area contributed by atoms with Crippen LogP contribution >= 0.6 is 0 Å². The van der Waals surface area contributed by atoms with E-state index in [1.54, 1.807) is 10.9 Å². The quantitative estimate of drug-likeness (QED) is 0.383. The number of aliphatic hydroxyl groups is 3. The van der Waals surface area contributed by atoms with Crippen molar-refractivity contribution in [2.24, 2.45) is 0 Å². The number of rotatable bonds is 5. The molecule has 0 spiro atoms. The molecule has 1 aromatic rings. The summed E-state index contributed by atoms with van der Waals surface area (Å²) in [5.41, 5.74) is 0.897. The molecule has 1 aliphatic heterocycles. The van der Waals surface area contributed by atoms with E-state index in [4.69, 9.17) is 5.11 Å². The maximum atomic E-state index is 9.88. The number of hydrogen-bond donors (Lipinski definition) is 5. The highest BCUT2D eigenvalue weighted by molar-refractivity contribution is 5.00. The third-order valence-corrected chi connectivity index (χ3v) is 3.22. The molecule has 0 aliphatic carbocycles. The van der Waals surface area contributed by atoms with Crippen LogP contribution in [0.3, 0.4) is 0 Å². The van der Waals surface area contributed by atoms with E-state index < -0.39 is 18.2 Å². The maximum Gasteiger partial charge on any atom is 0.0990 e. The first-order valence-corrected chi connectivity index (χ1v) is 5.92. The highest BCUT2D eigenvalue weighted by atomic mass is 16.3. The summed E-state index contributed by atoms with van der Waals surface area (Å²) >= 11 is 0. The van der Waals surface area contributed by atoms with Gasteiger partial charge < -0.3 is 26.0 Å². The number of nitrogens with one attached hydrogen (secondary N) is 2. The molecular weight excluding hydrogens is 238 g/mol. The molecule has 5 N–H and O–H groups in total. The predicted molar refractivity (Wildman–Crippen MR) is 62.6 cm³/mol. The van der Waals surface area contributed by atoms with Crippen LogP contribution in [0.15, 0.2) is 6.20 Å². The molecule has 1 fully saturated rings. The summed E-state index contributed by atoms with van der Waals surface area (Å²) in [6.45, 7) is 0.809. The molecule has 0 amide bonds. The van der Waals surface area contributed by atoms with Crippen LogP contribution in [0, 0.1) is 0 Å². The van der Waals surface area contributed by atoms with Gasteiger partial charge in [-0.15, -0.1) is 5.10 Å². The van der Waals surface area contributed by atoms with Gasteiger partial charge in [0.05, 0.1) is 49.3 Å². The molecule has 4 atom stereocenters. The Hall–Kier alpha value is -1.06.